The van der Waals surface area contributed by atoms with Gasteiger partial charge in [0.1, 0.15) is 5.75 Å². The zero-order valence-corrected chi connectivity index (χ0v) is 15.5. The lowest BCUT2D eigenvalue weighted by molar-refractivity contribution is 0.415. The molecule has 0 aliphatic heterocycles. The molecule has 0 radical (unpaired) electrons. The molecule has 0 heterocycles. The van der Waals surface area contributed by atoms with Gasteiger partial charge in [-0.3, -0.25) is 0 Å². The minimum Gasteiger partial charge on any atom is -0.497 e. The maximum Gasteiger partial charge on any atom is 0.118 e. The molecular weight excluding hydrogens is 304 g/mol. The van der Waals surface area contributed by atoms with Crippen molar-refractivity contribution in [1.29, 1.82) is 0 Å². The zero-order valence-electron chi connectivity index (χ0n) is 15.5. The van der Waals surface area contributed by atoms with E-state index in [1.54, 1.807) is 7.11 Å². The van der Waals surface area contributed by atoms with Crippen molar-refractivity contribution < 1.29 is 4.74 Å². The quantitative estimate of drug-likeness (QED) is 0.484. The molecular formula is C24H26O. The highest BCUT2D eigenvalue weighted by Crippen LogP contribution is 2.32. The van der Waals surface area contributed by atoms with E-state index in [0.29, 0.717) is 0 Å². The summed E-state index contributed by atoms with van der Waals surface area (Å²) in [5.41, 5.74) is 6.17. The van der Waals surface area contributed by atoms with Gasteiger partial charge in [0.15, 0.2) is 0 Å². The molecule has 128 valence electrons. The SMILES string of the molecule is CC.COc1ccc(/C(=C(\C)c2ccccc2)c2ccccc2)cc1. The molecule has 3 aromatic rings. The Balaban J connectivity index is 0.00000109. The van der Waals surface area contributed by atoms with E-state index in [9.17, 15) is 0 Å². The van der Waals surface area contributed by atoms with Crippen LogP contribution in [0, 0.1) is 0 Å². The van der Waals surface area contributed by atoms with Crippen LogP contribution in [-0.2, 0) is 0 Å². The first-order chi connectivity index (χ1) is 12.3. The fourth-order valence-corrected chi connectivity index (χ4v) is 2.79. The predicted octanol–water partition coefficient (Wildman–Crippen LogP) is 6.70. The molecule has 0 atom stereocenters. The zero-order chi connectivity index (χ0) is 18.1. The van der Waals surface area contributed by atoms with Crippen LogP contribution in [0.3, 0.4) is 0 Å². The summed E-state index contributed by atoms with van der Waals surface area (Å²) in [6, 6.07) is 29.3. The fraction of sp³-hybridized carbons (Fsp3) is 0.167. The first-order valence-electron chi connectivity index (χ1n) is 8.76. The second-order valence-electron chi connectivity index (χ2n) is 5.46. The first-order valence-corrected chi connectivity index (χ1v) is 8.76. The summed E-state index contributed by atoms with van der Waals surface area (Å²) >= 11 is 0. The average Bonchev–Trinajstić information content (AvgIpc) is 2.71. The third-order valence-corrected chi connectivity index (χ3v) is 4.02. The molecule has 0 unspecified atom stereocenters. The van der Waals surface area contributed by atoms with Crippen molar-refractivity contribution in [2.75, 3.05) is 7.11 Å². The summed E-state index contributed by atoms with van der Waals surface area (Å²) in [5, 5.41) is 0. The molecule has 1 nitrogen and oxygen atoms in total. The third-order valence-electron chi connectivity index (χ3n) is 4.02. The van der Waals surface area contributed by atoms with Gasteiger partial charge in [0.25, 0.3) is 0 Å². The van der Waals surface area contributed by atoms with Gasteiger partial charge in [-0.05, 0) is 46.9 Å². The molecule has 3 aromatic carbocycles. The van der Waals surface area contributed by atoms with Crippen LogP contribution in [0.1, 0.15) is 37.5 Å². The standard InChI is InChI=1S/C22H20O.C2H6/c1-17(18-9-5-3-6-10-18)22(19-11-7-4-8-12-19)20-13-15-21(23-2)16-14-20;1-2/h3-16H,1-2H3;1-2H3/b22-17+;. The Labute approximate surface area is 151 Å². The minimum atomic E-state index is 0.874. The van der Waals surface area contributed by atoms with Crippen molar-refractivity contribution in [1.82, 2.24) is 0 Å². The lowest BCUT2D eigenvalue weighted by atomic mass is 9.90. The van der Waals surface area contributed by atoms with Crippen molar-refractivity contribution in [2.45, 2.75) is 20.8 Å². The Morgan fingerprint density at radius 2 is 1.04 bits per heavy atom. The second-order valence-corrected chi connectivity index (χ2v) is 5.46. The molecule has 0 saturated heterocycles. The van der Waals surface area contributed by atoms with Crippen LogP contribution in [0.2, 0.25) is 0 Å². The molecule has 3 rings (SSSR count). The average molecular weight is 330 g/mol. The number of allylic oxidation sites excluding steroid dienone is 1. The van der Waals surface area contributed by atoms with Gasteiger partial charge >= 0.3 is 0 Å². The number of ether oxygens (including phenoxy) is 1. The summed E-state index contributed by atoms with van der Waals surface area (Å²) in [6.07, 6.45) is 0. The van der Waals surface area contributed by atoms with Crippen LogP contribution in [0.15, 0.2) is 84.9 Å². The summed E-state index contributed by atoms with van der Waals surface area (Å²) in [6.45, 7) is 6.18. The molecule has 1 heteroatoms. The van der Waals surface area contributed by atoms with Crippen molar-refractivity contribution in [3.63, 3.8) is 0 Å². The summed E-state index contributed by atoms with van der Waals surface area (Å²) in [5.74, 6) is 0.874. The van der Waals surface area contributed by atoms with Gasteiger partial charge in [0, 0.05) is 0 Å². The predicted molar refractivity (Wildman–Crippen MR) is 109 cm³/mol. The first kappa shape index (κ1) is 18.5. The van der Waals surface area contributed by atoms with Crippen LogP contribution in [0.25, 0.3) is 11.1 Å². The van der Waals surface area contributed by atoms with Crippen molar-refractivity contribution in [2.24, 2.45) is 0 Å². The third kappa shape index (κ3) is 4.60. The summed E-state index contributed by atoms with van der Waals surface area (Å²) in [4.78, 5) is 0. The Kier molecular flexibility index (Phi) is 7.03. The highest BCUT2D eigenvalue weighted by atomic mass is 16.5. The Morgan fingerprint density at radius 3 is 1.52 bits per heavy atom. The number of benzene rings is 3. The number of hydrogen-bond acceptors (Lipinski definition) is 1. The minimum absolute atomic E-state index is 0.874. The van der Waals surface area contributed by atoms with Gasteiger partial charge in [0.05, 0.1) is 7.11 Å². The number of hydrogen-bond donors (Lipinski definition) is 0. The van der Waals surface area contributed by atoms with Crippen LogP contribution >= 0.6 is 0 Å². The van der Waals surface area contributed by atoms with Crippen molar-refractivity contribution >= 4 is 11.1 Å². The van der Waals surface area contributed by atoms with Crippen molar-refractivity contribution in [3.05, 3.63) is 102 Å². The normalized spacial score (nSPS) is 11.0. The molecule has 0 spiro atoms. The van der Waals surface area contributed by atoms with E-state index in [1.165, 1.54) is 27.8 Å². The smallest absolute Gasteiger partial charge is 0.118 e. The Morgan fingerprint density at radius 1 is 0.600 bits per heavy atom. The van der Waals surface area contributed by atoms with Gasteiger partial charge in [-0.25, -0.2) is 0 Å². The molecule has 0 amide bonds. The van der Waals surface area contributed by atoms with Crippen LogP contribution in [-0.4, -0.2) is 7.11 Å². The van der Waals surface area contributed by atoms with E-state index in [-0.39, 0.29) is 0 Å². The van der Waals surface area contributed by atoms with E-state index in [0.717, 1.165) is 5.75 Å². The van der Waals surface area contributed by atoms with Crippen molar-refractivity contribution in [3.8, 4) is 5.75 Å². The summed E-state index contributed by atoms with van der Waals surface area (Å²) in [7, 11) is 1.69. The van der Waals surface area contributed by atoms with Gasteiger partial charge in [-0.15, -0.1) is 0 Å². The van der Waals surface area contributed by atoms with Crippen LogP contribution in [0.5, 0.6) is 5.75 Å². The largest absolute Gasteiger partial charge is 0.497 e. The van der Waals surface area contributed by atoms with Crippen LogP contribution < -0.4 is 4.74 Å². The molecule has 0 fully saturated rings. The monoisotopic (exact) mass is 330 g/mol. The van der Waals surface area contributed by atoms with E-state index >= 15 is 0 Å². The van der Waals surface area contributed by atoms with E-state index in [1.807, 2.05) is 38.1 Å². The molecule has 0 N–H and O–H groups in total. The lowest BCUT2D eigenvalue weighted by Crippen LogP contribution is -1.93. The second kappa shape index (κ2) is 9.48. The Hall–Kier alpha value is -2.80. The molecule has 0 aliphatic carbocycles. The summed E-state index contributed by atoms with van der Waals surface area (Å²) < 4.78 is 5.28. The number of rotatable bonds is 4. The highest BCUT2D eigenvalue weighted by Gasteiger charge is 2.10. The molecule has 0 bridgehead atoms. The molecule has 0 aromatic heterocycles. The molecule has 0 aliphatic rings. The Bertz CT molecular complexity index is 785. The fourth-order valence-electron chi connectivity index (χ4n) is 2.79. The topological polar surface area (TPSA) is 9.23 Å². The van der Waals surface area contributed by atoms with Crippen LogP contribution in [0.4, 0.5) is 0 Å². The van der Waals surface area contributed by atoms with Gasteiger partial charge in [-0.2, -0.15) is 0 Å². The van der Waals surface area contributed by atoms with Gasteiger partial charge in [0.2, 0.25) is 0 Å². The molecule has 0 saturated carbocycles. The number of methoxy groups -OCH3 is 1. The molecule has 25 heavy (non-hydrogen) atoms. The van der Waals surface area contributed by atoms with E-state index in [2.05, 4.69) is 67.6 Å². The maximum atomic E-state index is 5.28. The maximum absolute atomic E-state index is 5.28. The van der Waals surface area contributed by atoms with Gasteiger partial charge in [-0.1, -0.05) is 86.6 Å². The lowest BCUT2D eigenvalue weighted by Gasteiger charge is -2.14. The van der Waals surface area contributed by atoms with E-state index < -0.39 is 0 Å². The van der Waals surface area contributed by atoms with E-state index in [4.69, 9.17) is 4.74 Å². The highest BCUT2D eigenvalue weighted by molar-refractivity contribution is 5.97. The van der Waals surface area contributed by atoms with Gasteiger partial charge < -0.3 is 4.74 Å².